The van der Waals surface area contributed by atoms with Crippen molar-refractivity contribution in [1.82, 2.24) is 39.9 Å². The molecule has 0 fully saturated rings. The van der Waals surface area contributed by atoms with E-state index in [4.69, 9.17) is 48.9 Å². The number of fused-ring (bicyclic) bond motifs is 20. The van der Waals surface area contributed by atoms with Gasteiger partial charge in [-0.25, -0.2) is 29.9 Å². The monoisotopic (exact) mass is 1030 g/mol. The molecular formula is C64H82N8O4. The van der Waals surface area contributed by atoms with Crippen molar-refractivity contribution >= 4 is 44.1 Å². The Morgan fingerprint density at radius 1 is 0.355 bits per heavy atom. The van der Waals surface area contributed by atoms with Crippen LogP contribution in [0, 0.1) is 23.7 Å². The van der Waals surface area contributed by atoms with Crippen molar-refractivity contribution in [3.8, 4) is 68.5 Å². The van der Waals surface area contributed by atoms with E-state index in [1.165, 1.54) is 6.42 Å². The van der Waals surface area contributed by atoms with Gasteiger partial charge in [0, 0.05) is 21.9 Å². The van der Waals surface area contributed by atoms with Crippen molar-refractivity contribution in [3.63, 3.8) is 0 Å². The number of benzene rings is 4. The molecule has 5 heterocycles. The number of nitrogens with zero attached hydrogens (tertiary/aromatic N) is 6. The second-order valence-corrected chi connectivity index (χ2v) is 21.2. The predicted octanol–water partition coefficient (Wildman–Crippen LogP) is 17.2. The molecule has 2 N–H and O–H groups in total. The molecule has 9 rings (SSSR count). The van der Waals surface area contributed by atoms with Crippen LogP contribution in [0.25, 0.3) is 89.7 Å². The molecule has 0 aliphatic carbocycles. The highest BCUT2D eigenvalue weighted by Gasteiger charge is 2.28. The SMILES string of the molecule is CCCCC(CC)COc1cccc2c1-c1nc-2nc2[nH]c(nc3nc(nc4[nH]c(n1)c1cccc(OCC(CC)CCCC)c41)-c1c(OCC(CC)CCCC)cccc1-3)c1c(OCC(CC)CCCC)cccc21. The third-order valence-electron chi connectivity index (χ3n) is 15.9. The minimum atomic E-state index is 0.416. The maximum absolute atomic E-state index is 6.86. The topological polar surface area (TPSA) is 146 Å². The first-order valence-electron chi connectivity index (χ1n) is 29.2. The van der Waals surface area contributed by atoms with Crippen LogP contribution in [0.4, 0.5) is 0 Å². The van der Waals surface area contributed by atoms with Crippen LogP contribution in [0.1, 0.15) is 158 Å². The highest BCUT2D eigenvalue weighted by atomic mass is 16.5. The van der Waals surface area contributed by atoms with Crippen molar-refractivity contribution in [2.45, 2.75) is 158 Å². The lowest BCUT2D eigenvalue weighted by molar-refractivity contribution is 0.234. The van der Waals surface area contributed by atoms with Gasteiger partial charge in [0.05, 0.1) is 48.3 Å². The molecule has 0 spiro atoms. The van der Waals surface area contributed by atoms with Gasteiger partial charge in [0.1, 0.15) is 45.6 Å². The van der Waals surface area contributed by atoms with Gasteiger partial charge < -0.3 is 28.9 Å². The van der Waals surface area contributed by atoms with Gasteiger partial charge in [-0.1, -0.05) is 181 Å². The number of unbranched alkanes of at least 4 members (excludes halogenated alkanes) is 4. The van der Waals surface area contributed by atoms with Crippen molar-refractivity contribution in [2.75, 3.05) is 26.4 Å². The summed E-state index contributed by atoms with van der Waals surface area (Å²) in [5.74, 6) is 6.60. The highest BCUT2D eigenvalue weighted by molar-refractivity contribution is 6.10. The maximum atomic E-state index is 6.86. The molecule has 2 aliphatic rings. The van der Waals surface area contributed by atoms with Crippen LogP contribution in [-0.2, 0) is 0 Å². The lowest BCUT2D eigenvalue weighted by Crippen LogP contribution is -2.11. The second-order valence-electron chi connectivity index (χ2n) is 21.2. The first-order valence-corrected chi connectivity index (χ1v) is 29.2. The number of rotatable bonds is 28. The molecule has 4 aromatic carbocycles. The molecule has 7 aromatic rings. The third-order valence-corrected chi connectivity index (χ3v) is 15.9. The quantitative estimate of drug-likeness (QED) is 0.0486. The van der Waals surface area contributed by atoms with Crippen molar-refractivity contribution in [3.05, 3.63) is 72.8 Å². The summed E-state index contributed by atoms with van der Waals surface area (Å²) >= 11 is 0. The Morgan fingerprint density at radius 3 is 1.04 bits per heavy atom. The maximum Gasteiger partial charge on any atom is 0.168 e. The molecule has 4 atom stereocenters. The van der Waals surface area contributed by atoms with Crippen LogP contribution in [0.3, 0.4) is 0 Å². The van der Waals surface area contributed by atoms with E-state index < -0.39 is 0 Å². The van der Waals surface area contributed by atoms with E-state index in [2.05, 4.69) is 89.6 Å². The van der Waals surface area contributed by atoms with E-state index in [0.717, 1.165) is 163 Å². The number of nitrogens with one attached hydrogen (secondary N) is 2. The second kappa shape index (κ2) is 26.0. The number of hydrogen-bond donors (Lipinski definition) is 2. The zero-order valence-electron chi connectivity index (χ0n) is 46.7. The zero-order chi connectivity index (χ0) is 53.0. The Morgan fingerprint density at radius 2 is 0.671 bits per heavy atom. The van der Waals surface area contributed by atoms with E-state index in [1.807, 2.05) is 48.5 Å². The predicted molar refractivity (Wildman–Crippen MR) is 311 cm³/mol. The van der Waals surface area contributed by atoms with Crippen molar-refractivity contribution < 1.29 is 18.9 Å². The van der Waals surface area contributed by atoms with Crippen LogP contribution in [-0.4, -0.2) is 66.3 Å². The zero-order valence-corrected chi connectivity index (χ0v) is 46.7. The molecule has 76 heavy (non-hydrogen) atoms. The smallest absolute Gasteiger partial charge is 0.168 e. The van der Waals surface area contributed by atoms with E-state index in [1.54, 1.807) is 0 Å². The third kappa shape index (κ3) is 12.0. The van der Waals surface area contributed by atoms with Crippen LogP contribution in [0.5, 0.6) is 23.0 Å². The summed E-state index contributed by atoms with van der Waals surface area (Å²) in [6.45, 7) is 20.4. The van der Waals surface area contributed by atoms with E-state index in [-0.39, 0.29) is 0 Å². The number of H-pyrrole nitrogens is 2. The molecule has 4 unspecified atom stereocenters. The number of aromatic nitrogens is 8. The van der Waals surface area contributed by atoms with Crippen LogP contribution >= 0.6 is 0 Å². The summed E-state index contributed by atoms with van der Waals surface area (Å²) in [7, 11) is 0. The average Bonchev–Trinajstić information content (AvgIpc) is 4.20. The molecule has 3 aromatic heterocycles. The van der Waals surface area contributed by atoms with Gasteiger partial charge >= 0.3 is 0 Å². The van der Waals surface area contributed by atoms with E-state index >= 15 is 0 Å². The molecule has 2 aliphatic heterocycles. The Balaban J connectivity index is 1.34. The van der Waals surface area contributed by atoms with Gasteiger partial charge in [0.25, 0.3) is 0 Å². The first kappa shape index (κ1) is 54.2. The molecule has 0 amide bonds. The fraction of sp³-hybridized carbons (Fsp3) is 0.500. The van der Waals surface area contributed by atoms with Gasteiger partial charge in [-0.05, 0) is 73.6 Å². The minimum Gasteiger partial charge on any atom is -0.493 e. The van der Waals surface area contributed by atoms with Gasteiger partial charge in [0.15, 0.2) is 23.3 Å². The summed E-state index contributed by atoms with van der Waals surface area (Å²) < 4.78 is 27.4. The Labute approximate surface area is 450 Å². The Kier molecular flexibility index (Phi) is 18.5. The summed E-state index contributed by atoms with van der Waals surface area (Å²) in [6.07, 6.45) is 17.8. The largest absolute Gasteiger partial charge is 0.493 e. The van der Waals surface area contributed by atoms with Gasteiger partial charge in [-0.15, -0.1) is 0 Å². The molecule has 12 heteroatoms. The van der Waals surface area contributed by atoms with Crippen molar-refractivity contribution in [1.29, 1.82) is 0 Å². The Bertz CT molecular complexity index is 3240. The molecule has 12 nitrogen and oxygen atoms in total. The van der Waals surface area contributed by atoms with E-state index in [0.29, 0.717) is 96.0 Å². The molecular weight excluding hydrogens is 945 g/mol. The summed E-state index contributed by atoms with van der Waals surface area (Å²) in [6, 6.07) is 24.6. The lowest BCUT2D eigenvalue weighted by Gasteiger charge is -2.17. The minimum absolute atomic E-state index is 0.416. The van der Waals surface area contributed by atoms with Crippen molar-refractivity contribution in [2.24, 2.45) is 23.7 Å². The fourth-order valence-electron chi connectivity index (χ4n) is 10.8. The first-order chi connectivity index (χ1) is 37.3. The van der Waals surface area contributed by atoms with Gasteiger partial charge in [0.2, 0.25) is 0 Å². The number of ether oxygens (including phenoxy) is 4. The molecule has 402 valence electrons. The van der Waals surface area contributed by atoms with Crippen LogP contribution < -0.4 is 18.9 Å². The molecule has 0 saturated carbocycles. The number of hydrogen-bond acceptors (Lipinski definition) is 10. The Hall–Kier alpha value is -6.56. The normalized spacial score (nSPS) is 13.6. The lowest BCUT2D eigenvalue weighted by atomic mass is 10.0. The number of aromatic amines is 2. The summed E-state index contributed by atoms with van der Waals surface area (Å²) in [5, 5.41) is 3.36. The van der Waals surface area contributed by atoms with Gasteiger partial charge in [-0.3, -0.25) is 0 Å². The van der Waals surface area contributed by atoms with Gasteiger partial charge in [-0.2, -0.15) is 0 Å². The molecule has 8 bridgehead atoms. The fourth-order valence-corrected chi connectivity index (χ4v) is 10.8. The highest BCUT2D eigenvalue weighted by Crippen LogP contribution is 2.45. The molecule has 0 saturated heterocycles. The van der Waals surface area contributed by atoms with Crippen LogP contribution in [0.2, 0.25) is 0 Å². The standard InChI is InChI=1S/C64H82N8O4/c1-9-17-25-41(13-5)37-73-49-33-21-29-45-53(49)61-66-57(45)65-58-46-30-22-34-50(74-38-42(14-6)26-18-10-2)54(46)62(67-58)69-60-48-32-24-36-52(76-40-44(16-8)28-20-12-4)56(48)64(71-60)72-63-55-47(59(68-61)70-63)31-23-35-51(55)75-39-43(15-7)27-19-11-3/h21-24,29-36,41-44H,9-20,25-28,37-40H2,1-8H3,(H2,65,66,67,68,69,70,71,72). The van der Waals surface area contributed by atoms with E-state index in [9.17, 15) is 0 Å². The molecule has 0 radical (unpaired) electrons. The summed E-state index contributed by atoms with van der Waals surface area (Å²) in [4.78, 5) is 39.9. The summed E-state index contributed by atoms with van der Waals surface area (Å²) in [5.41, 5.74) is 5.61. The average molecular weight is 1030 g/mol. The van der Waals surface area contributed by atoms with Crippen LogP contribution in [0.15, 0.2) is 72.8 Å².